The molecule has 3 amide bonds. The molecule has 0 spiro atoms. The number of esters is 1. The van der Waals surface area contributed by atoms with E-state index in [1.165, 1.54) is 0 Å². The molecular weight excluding hydrogens is 326 g/mol. The molecule has 0 aliphatic heterocycles. The van der Waals surface area contributed by atoms with Crippen molar-refractivity contribution in [3.8, 4) is 0 Å². The molecular formula is C17H19N3O5. The Morgan fingerprint density at radius 1 is 1.20 bits per heavy atom. The van der Waals surface area contributed by atoms with Crippen LogP contribution in [0.2, 0.25) is 0 Å². The quantitative estimate of drug-likeness (QED) is 0.798. The number of hydrogen-bond acceptors (Lipinski definition) is 6. The predicted molar refractivity (Wildman–Crippen MR) is 87.6 cm³/mol. The van der Waals surface area contributed by atoms with Gasteiger partial charge in [0.25, 0.3) is 5.91 Å². The Labute approximate surface area is 143 Å². The maximum absolute atomic E-state index is 11.8. The van der Waals surface area contributed by atoms with E-state index in [0.717, 1.165) is 31.1 Å². The summed E-state index contributed by atoms with van der Waals surface area (Å²) >= 11 is 0. The average Bonchev–Trinajstić information content (AvgIpc) is 3.23. The number of aromatic nitrogens is 1. The minimum absolute atomic E-state index is 0.107. The van der Waals surface area contributed by atoms with E-state index < -0.39 is 24.5 Å². The highest BCUT2D eigenvalue weighted by atomic mass is 16.5. The summed E-state index contributed by atoms with van der Waals surface area (Å²) in [6.45, 7) is -0.521. The SMILES string of the molecule is O=C(COC(=O)Cc1noc2ccccc12)NC(=O)NC1CCCC1. The minimum atomic E-state index is -0.672. The van der Waals surface area contributed by atoms with Gasteiger partial charge in [-0.3, -0.25) is 14.9 Å². The fourth-order valence-corrected chi connectivity index (χ4v) is 2.85. The second-order valence-corrected chi connectivity index (χ2v) is 5.97. The van der Waals surface area contributed by atoms with E-state index in [9.17, 15) is 14.4 Å². The van der Waals surface area contributed by atoms with Gasteiger partial charge < -0.3 is 14.6 Å². The van der Waals surface area contributed by atoms with Crippen molar-refractivity contribution in [2.24, 2.45) is 0 Å². The second kappa shape index (κ2) is 7.78. The lowest BCUT2D eigenvalue weighted by molar-refractivity contribution is -0.147. The number of benzene rings is 1. The zero-order valence-corrected chi connectivity index (χ0v) is 13.6. The minimum Gasteiger partial charge on any atom is -0.455 e. The van der Waals surface area contributed by atoms with Crippen LogP contribution in [-0.4, -0.2) is 35.7 Å². The van der Waals surface area contributed by atoms with Crippen LogP contribution in [0.1, 0.15) is 31.4 Å². The van der Waals surface area contributed by atoms with Crippen molar-refractivity contribution < 1.29 is 23.6 Å². The highest BCUT2D eigenvalue weighted by molar-refractivity contribution is 5.95. The average molecular weight is 345 g/mol. The molecule has 1 aromatic heterocycles. The Morgan fingerprint density at radius 3 is 2.76 bits per heavy atom. The third kappa shape index (κ3) is 4.56. The number of carbonyl (C=O) groups excluding carboxylic acids is 3. The highest BCUT2D eigenvalue weighted by Gasteiger charge is 2.19. The Hall–Kier alpha value is -2.90. The number of urea groups is 1. The maximum Gasteiger partial charge on any atom is 0.321 e. The fraction of sp³-hybridized carbons (Fsp3) is 0.412. The summed E-state index contributed by atoms with van der Waals surface area (Å²) in [5, 5.41) is 9.42. The van der Waals surface area contributed by atoms with Crippen molar-refractivity contribution in [2.75, 3.05) is 6.61 Å². The van der Waals surface area contributed by atoms with E-state index in [4.69, 9.17) is 9.26 Å². The van der Waals surface area contributed by atoms with Crippen LogP contribution >= 0.6 is 0 Å². The Kier molecular flexibility index (Phi) is 5.27. The number of nitrogens with one attached hydrogen (secondary N) is 2. The molecule has 0 bridgehead atoms. The van der Waals surface area contributed by atoms with Gasteiger partial charge in [0.2, 0.25) is 0 Å². The number of nitrogens with zero attached hydrogens (tertiary/aromatic N) is 1. The predicted octanol–water partition coefficient (Wildman–Crippen LogP) is 1.68. The van der Waals surface area contributed by atoms with Crippen molar-refractivity contribution in [2.45, 2.75) is 38.1 Å². The Morgan fingerprint density at radius 2 is 1.96 bits per heavy atom. The number of carbonyl (C=O) groups is 3. The number of hydrogen-bond donors (Lipinski definition) is 2. The molecule has 3 rings (SSSR count). The molecule has 0 saturated heterocycles. The van der Waals surface area contributed by atoms with Gasteiger partial charge in [0.15, 0.2) is 12.2 Å². The number of imide groups is 1. The second-order valence-electron chi connectivity index (χ2n) is 5.97. The van der Waals surface area contributed by atoms with Crippen molar-refractivity contribution in [3.05, 3.63) is 30.0 Å². The molecule has 25 heavy (non-hydrogen) atoms. The molecule has 2 N–H and O–H groups in total. The molecule has 1 saturated carbocycles. The summed E-state index contributed by atoms with van der Waals surface area (Å²) in [5.41, 5.74) is 1.02. The zero-order valence-electron chi connectivity index (χ0n) is 13.6. The van der Waals surface area contributed by atoms with Gasteiger partial charge >= 0.3 is 12.0 Å². The van der Waals surface area contributed by atoms with E-state index in [2.05, 4.69) is 15.8 Å². The lowest BCUT2D eigenvalue weighted by Gasteiger charge is -2.12. The van der Waals surface area contributed by atoms with E-state index in [-0.39, 0.29) is 12.5 Å². The standard InChI is InChI=1S/C17H19N3O5/c21-15(19-17(23)18-11-5-1-2-6-11)10-24-16(22)9-13-12-7-3-4-8-14(12)25-20-13/h3-4,7-8,11H,1-2,5-6,9-10H2,(H2,18,19,21,23). The first-order chi connectivity index (χ1) is 12.1. The molecule has 0 radical (unpaired) electrons. The first-order valence-electron chi connectivity index (χ1n) is 8.21. The van der Waals surface area contributed by atoms with Crippen molar-refractivity contribution in [1.82, 2.24) is 15.8 Å². The topological polar surface area (TPSA) is 111 Å². The molecule has 1 heterocycles. The van der Waals surface area contributed by atoms with Gasteiger partial charge in [-0.1, -0.05) is 30.1 Å². The van der Waals surface area contributed by atoms with Crippen LogP contribution in [0.15, 0.2) is 28.8 Å². The van der Waals surface area contributed by atoms with Gasteiger partial charge in [-0.25, -0.2) is 4.79 Å². The molecule has 1 fully saturated rings. The largest absolute Gasteiger partial charge is 0.455 e. The van der Waals surface area contributed by atoms with E-state index in [0.29, 0.717) is 11.3 Å². The number of rotatable bonds is 5. The van der Waals surface area contributed by atoms with Crippen LogP contribution in [0.4, 0.5) is 4.79 Å². The van der Waals surface area contributed by atoms with Crippen LogP contribution in [0.25, 0.3) is 11.0 Å². The molecule has 2 aromatic rings. The molecule has 0 atom stereocenters. The lowest BCUT2D eigenvalue weighted by atomic mass is 10.2. The Bertz CT molecular complexity index is 779. The van der Waals surface area contributed by atoms with E-state index in [1.807, 2.05) is 6.07 Å². The van der Waals surface area contributed by atoms with Gasteiger partial charge in [-0.15, -0.1) is 0 Å². The zero-order chi connectivity index (χ0) is 17.6. The van der Waals surface area contributed by atoms with E-state index in [1.54, 1.807) is 18.2 Å². The normalized spacial score (nSPS) is 14.4. The van der Waals surface area contributed by atoms with Gasteiger partial charge in [0.1, 0.15) is 5.69 Å². The first kappa shape index (κ1) is 16.9. The maximum atomic E-state index is 11.8. The van der Waals surface area contributed by atoms with Crippen LogP contribution in [0.3, 0.4) is 0 Å². The van der Waals surface area contributed by atoms with E-state index >= 15 is 0 Å². The summed E-state index contributed by atoms with van der Waals surface area (Å²) in [5.74, 6) is -1.29. The van der Waals surface area contributed by atoms with Gasteiger partial charge in [-0.05, 0) is 25.0 Å². The van der Waals surface area contributed by atoms with Gasteiger partial charge in [0.05, 0.1) is 6.42 Å². The number of fused-ring (bicyclic) bond motifs is 1. The molecule has 1 aromatic carbocycles. The number of ether oxygens (including phenoxy) is 1. The van der Waals surface area contributed by atoms with Crippen molar-refractivity contribution >= 4 is 28.9 Å². The van der Waals surface area contributed by atoms with Gasteiger partial charge in [-0.2, -0.15) is 0 Å². The van der Waals surface area contributed by atoms with Crippen LogP contribution in [-0.2, 0) is 20.7 Å². The number of para-hydroxylation sites is 1. The van der Waals surface area contributed by atoms with Crippen LogP contribution < -0.4 is 10.6 Å². The molecule has 1 aliphatic rings. The Balaban J connectivity index is 1.42. The summed E-state index contributed by atoms with van der Waals surface area (Å²) < 4.78 is 9.99. The van der Waals surface area contributed by atoms with Crippen molar-refractivity contribution in [3.63, 3.8) is 0 Å². The molecule has 0 unspecified atom stereocenters. The van der Waals surface area contributed by atoms with Gasteiger partial charge in [0, 0.05) is 11.4 Å². The molecule has 8 heteroatoms. The molecule has 8 nitrogen and oxygen atoms in total. The highest BCUT2D eigenvalue weighted by Crippen LogP contribution is 2.18. The smallest absolute Gasteiger partial charge is 0.321 e. The number of amides is 3. The van der Waals surface area contributed by atoms with Crippen LogP contribution in [0.5, 0.6) is 0 Å². The summed E-state index contributed by atoms with van der Waals surface area (Å²) in [6, 6.07) is 6.69. The van der Waals surface area contributed by atoms with Crippen molar-refractivity contribution in [1.29, 1.82) is 0 Å². The lowest BCUT2D eigenvalue weighted by Crippen LogP contribution is -2.45. The monoisotopic (exact) mass is 345 g/mol. The third-order valence-corrected chi connectivity index (χ3v) is 4.07. The first-order valence-corrected chi connectivity index (χ1v) is 8.21. The fourth-order valence-electron chi connectivity index (χ4n) is 2.85. The summed E-state index contributed by atoms with van der Waals surface area (Å²) in [6.07, 6.45) is 3.88. The third-order valence-electron chi connectivity index (χ3n) is 4.07. The molecule has 132 valence electrons. The molecule has 1 aliphatic carbocycles. The summed E-state index contributed by atoms with van der Waals surface area (Å²) in [7, 11) is 0. The van der Waals surface area contributed by atoms with Crippen LogP contribution in [0, 0.1) is 0 Å². The summed E-state index contributed by atoms with van der Waals surface area (Å²) in [4.78, 5) is 35.2.